The molecule has 162 valence electrons. The molecular weight excluding hydrogens is 441 g/mol. The van der Waals surface area contributed by atoms with Crippen LogP contribution >= 0.6 is 23.2 Å². The summed E-state index contributed by atoms with van der Waals surface area (Å²) in [5.74, 6) is -0.637. The van der Waals surface area contributed by atoms with Crippen molar-refractivity contribution in [3.05, 3.63) is 79.6 Å². The normalized spacial score (nSPS) is 15.3. The highest BCUT2D eigenvalue weighted by Crippen LogP contribution is 2.27. The standard InChI is InChI=1S/C21H21Cl2N5O3/c1-14-20(28(31)19-12-17(23)16(22)11-18(19)27(14)30)21(29)24-26-9-7-25(8-10-26)13-15-5-3-2-4-6-15/h2-6,11-12H,7-10,13H2,1H3,(H,24,29). The van der Waals surface area contributed by atoms with Gasteiger partial charge >= 0.3 is 11.6 Å². The first kappa shape index (κ1) is 21.6. The van der Waals surface area contributed by atoms with E-state index in [2.05, 4.69) is 22.5 Å². The zero-order valence-electron chi connectivity index (χ0n) is 16.8. The number of nitrogens with one attached hydrogen (secondary N) is 1. The Morgan fingerprint density at radius 2 is 1.74 bits per heavy atom. The molecule has 1 aromatic heterocycles. The highest BCUT2D eigenvalue weighted by atomic mass is 35.5. The topological polar surface area (TPSA) is 86.5 Å². The summed E-state index contributed by atoms with van der Waals surface area (Å²) in [4.78, 5) is 28.1. The van der Waals surface area contributed by atoms with Crippen LogP contribution in [0.4, 0.5) is 0 Å². The van der Waals surface area contributed by atoms with E-state index in [1.54, 1.807) is 5.01 Å². The summed E-state index contributed by atoms with van der Waals surface area (Å²) in [6.07, 6.45) is 0. The Balaban J connectivity index is 1.49. The van der Waals surface area contributed by atoms with Crippen molar-refractivity contribution in [1.29, 1.82) is 0 Å². The van der Waals surface area contributed by atoms with Crippen LogP contribution in [-0.2, 0) is 6.54 Å². The van der Waals surface area contributed by atoms with Gasteiger partial charge in [0.2, 0.25) is 0 Å². The smallest absolute Gasteiger partial charge is 0.347 e. The molecule has 0 atom stereocenters. The number of aromatic nitrogens is 2. The molecule has 0 aliphatic carbocycles. The van der Waals surface area contributed by atoms with Gasteiger partial charge in [-0.1, -0.05) is 53.5 Å². The molecule has 1 N–H and O–H groups in total. The van der Waals surface area contributed by atoms with Gasteiger partial charge in [0.25, 0.3) is 5.52 Å². The van der Waals surface area contributed by atoms with Crippen molar-refractivity contribution in [2.45, 2.75) is 13.5 Å². The van der Waals surface area contributed by atoms with Crippen LogP contribution in [0.15, 0.2) is 42.5 Å². The summed E-state index contributed by atoms with van der Waals surface area (Å²) in [5, 5.41) is 14.7. The maximum Gasteiger partial charge on any atom is 0.347 e. The number of hydrogen-bond acceptors (Lipinski definition) is 5. The monoisotopic (exact) mass is 461 g/mol. The number of hydrazine groups is 1. The lowest BCUT2D eigenvalue weighted by molar-refractivity contribution is -0.468. The van der Waals surface area contributed by atoms with Gasteiger partial charge in [-0.05, 0) is 18.6 Å². The van der Waals surface area contributed by atoms with Gasteiger partial charge in [-0.2, -0.15) is 0 Å². The van der Waals surface area contributed by atoms with E-state index in [4.69, 9.17) is 23.2 Å². The third-order valence-electron chi connectivity index (χ3n) is 5.40. The van der Waals surface area contributed by atoms with Crippen molar-refractivity contribution < 1.29 is 9.22 Å². The summed E-state index contributed by atoms with van der Waals surface area (Å²) >= 11 is 12.0. The van der Waals surface area contributed by atoms with E-state index < -0.39 is 5.91 Å². The highest BCUT2D eigenvalue weighted by molar-refractivity contribution is 6.42. The molecule has 4 rings (SSSR count). The predicted molar refractivity (Wildman–Crippen MR) is 120 cm³/mol. The quantitative estimate of drug-likeness (QED) is 0.603. The Morgan fingerprint density at radius 1 is 1.10 bits per heavy atom. The molecule has 2 heterocycles. The molecule has 0 radical (unpaired) electrons. The predicted octanol–water partition coefficient (Wildman–Crippen LogP) is 2.98. The fourth-order valence-corrected chi connectivity index (χ4v) is 4.02. The maximum absolute atomic E-state index is 12.9. The van der Waals surface area contributed by atoms with E-state index >= 15 is 0 Å². The van der Waals surface area contributed by atoms with E-state index in [9.17, 15) is 14.9 Å². The van der Waals surface area contributed by atoms with Gasteiger partial charge in [0, 0.05) is 43.7 Å². The van der Waals surface area contributed by atoms with E-state index in [-0.39, 0.29) is 32.5 Å². The third-order valence-corrected chi connectivity index (χ3v) is 6.12. The molecule has 10 heteroatoms. The molecule has 1 amide bonds. The van der Waals surface area contributed by atoms with Crippen LogP contribution in [0.3, 0.4) is 0 Å². The number of amides is 1. The molecule has 0 bridgehead atoms. The van der Waals surface area contributed by atoms with E-state index in [0.29, 0.717) is 22.2 Å². The largest absolute Gasteiger partial charge is 0.805 e. The SMILES string of the molecule is Cc1c(C(=O)NN2CCN(Cc3ccccc3)CC2)[n+](=O)c2cc(Cl)c(Cl)cc2n1[O-]. The zero-order valence-corrected chi connectivity index (χ0v) is 18.4. The molecule has 1 fully saturated rings. The minimum atomic E-state index is -0.637. The van der Waals surface area contributed by atoms with Crippen molar-refractivity contribution in [3.63, 3.8) is 0 Å². The first-order valence-corrected chi connectivity index (χ1v) is 10.6. The first-order chi connectivity index (χ1) is 14.8. The van der Waals surface area contributed by atoms with E-state index in [1.807, 2.05) is 18.2 Å². The first-order valence-electron chi connectivity index (χ1n) is 9.82. The molecule has 2 aromatic carbocycles. The third kappa shape index (κ3) is 4.38. The lowest BCUT2D eigenvalue weighted by Crippen LogP contribution is -2.54. The molecule has 1 aliphatic heterocycles. The summed E-state index contributed by atoms with van der Waals surface area (Å²) < 4.78 is 0.959. The molecule has 1 saturated heterocycles. The van der Waals surface area contributed by atoms with Crippen LogP contribution in [-0.4, -0.2) is 46.7 Å². The molecule has 0 spiro atoms. The number of hydrogen-bond donors (Lipinski definition) is 1. The number of fused-ring (bicyclic) bond motifs is 1. The van der Waals surface area contributed by atoms with Gasteiger partial charge in [-0.15, -0.1) is 0 Å². The molecule has 0 unspecified atom stereocenters. The molecule has 8 nitrogen and oxygen atoms in total. The van der Waals surface area contributed by atoms with Gasteiger partial charge in [-0.3, -0.25) is 15.1 Å². The Hall–Kier alpha value is -2.65. The van der Waals surface area contributed by atoms with Crippen LogP contribution in [0, 0.1) is 17.0 Å². The summed E-state index contributed by atoms with van der Waals surface area (Å²) in [7, 11) is 0. The number of carbonyl (C=O) groups excluding carboxylic acids is 1. The molecule has 3 aromatic rings. The van der Waals surface area contributed by atoms with Gasteiger partial charge in [0.15, 0.2) is 0 Å². The fraction of sp³-hybridized carbons (Fsp3) is 0.286. The molecular formula is C21H21Cl2N5O3. The lowest BCUT2D eigenvalue weighted by Gasteiger charge is -2.34. The van der Waals surface area contributed by atoms with Crippen LogP contribution in [0.5, 0.6) is 0 Å². The second kappa shape index (κ2) is 8.84. The van der Waals surface area contributed by atoms with Crippen molar-refractivity contribution in [2.75, 3.05) is 26.2 Å². The minimum absolute atomic E-state index is 0.0129. The summed E-state index contributed by atoms with van der Waals surface area (Å²) in [6, 6.07) is 12.8. The Labute approximate surface area is 188 Å². The fourth-order valence-electron chi connectivity index (χ4n) is 3.71. The van der Waals surface area contributed by atoms with Gasteiger partial charge in [0.05, 0.1) is 20.2 Å². The van der Waals surface area contributed by atoms with Crippen molar-refractivity contribution in [2.24, 2.45) is 0 Å². The van der Waals surface area contributed by atoms with Gasteiger partial charge in [-0.25, -0.2) is 5.01 Å². The molecule has 0 saturated carbocycles. The second-order valence-corrected chi connectivity index (χ2v) is 8.28. The van der Waals surface area contributed by atoms with Crippen LogP contribution < -0.4 is 9.85 Å². The number of nitrogens with zero attached hydrogens (tertiary/aromatic N) is 4. The minimum Gasteiger partial charge on any atom is -0.805 e. The Kier molecular flexibility index (Phi) is 6.15. The number of rotatable bonds is 4. The number of benzene rings is 2. The van der Waals surface area contributed by atoms with Crippen molar-refractivity contribution in [1.82, 2.24) is 20.1 Å². The van der Waals surface area contributed by atoms with Crippen LogP contribution in [0.2, 0.25) is 10.0 Å². The number of piperazine rings is 1. The van der Waals surface area contributed by atoms with E-state index in [0.717, 1.165) is 19.6 Å². The van der Waals surface area contributed by atoms with Gasteiger partial charge in [0.1, 0.15) is 5.52 Å². The van der Waals surface area contributed by atoms with Crippen molar-refractivity contribution in [3.8, 4) is 0 Å². The molecule has 31 heavy (non-hydrogen) atoms. The second-order valence-electron chi connectivity index (χ2n) is 7.47. The maximum atomic E-state index is 12.9. The summed E-state index contributed by atoms with van der Waals surface area (Å²) in [6.45, 7) is 4.99. The van der Waals surface area contributed by atoms with Crippen LogP contribution in [0.1, 0.15) is 21.7 Å². The average Bonchev–Trinajstić information content (AvgIpc) is 2.76. The van der Waals surface area contributed by atoms with Crippen LogP contribution in [0.25, 0.3) is 11.0 Å². The average molecular weight is 462 g/mol. The number of halogens is 2. The Morgan fingerprint density at radius 3 is 2.42 bits per heavy atom. The van der Waals surface area contributed by atoms with E-state index in [1.165, 1.54) is 24.6 Å². The van der Waals surface area contributed by atoms with Gasteiger partial charge < -0.3 is 9.94 Å². The Bertz CT molecular complexity index is 1190. The zero-order chi connectivity index (χ0) is 22.1. The lowest BCUT2D eigenvalue weighted by atomic mass is 10.2. The number of carbonyl (C=O) groups is 1. The highest BCUT2D eigenvalue weighted by Gasteiger charge is 2.30. The summed E-state index contributed by atoms with van der Waals surface area (Å²) in [5.41, 5.74) is 3.73. The van der Waals surface area contributed by atoms with Crippen molar-refractivity contribution >= 4 is 40.1 Å². The molecule has 1 aliphatic rings.